The Morgan fingerprint density at radius 3 is 2.89 bits per heavy atom. The third-order valence-corrected chi connectivity index (χ3v) is 5.32. The number of anilines is 1. The minimum Gasteiger partial charge on any atom is -0.357 e. The molecule has 1 aliphatic rings. The zero-order chi connectivity index (χ0) is 13.3. The zero-order valence-corrected chi connectivity index (χ0v) is 12.7. The van der Waals surface area contributed by atoms with Crippen molar-refractivity contribution in [2.75, 3.05) is 11.1 Å². The first-order valence-electron chi connectivity index (χ1n) is 6.98. The molecule has 0 aromatic carbocycles. The SMILES string of the molecule is N#CCCCCSc1nnc(NC2CCCCC2)s1. The number of thioether (sulfide) groups is 1. The molecule has 1 saturated carbocycles. The van der Waals surface area contributed by atoms with Crippen LogP contribution < -0.4 is 5.32 Å². The quantitative estimate of drug-likeness (QED) is 0.607. The summed E-state index contributed by atoms with van der Waals surface area (Å²) in [6.07, 6.45) is 9.27. The summed E-state index contributed by atoms with van der Waals surface area (Å²) in [5, 5.41) is 21.3. The molecule has 4 nitrogen and oxygen atoms in total. The monoisotopic (exact) mass is 296 g/mol. The lowest BCUT2D eigenvalue weighted by molar-refractivity contribution is 0.462. The van der Waals surface area contributed by atoms with Crippen LogP contribution in [-0.4, -0.2) is 22.0 Å². The Kier molecular flexibility index (Phi) is 6.45. The van der Waals surface area contributed by atoms with Gasteiger partial charge >= 0.3 is 0 Å². The largest absolute Gasteiger partial charge is 0.357 e. The van der Waals surface area contributed by atoms with Crippen LogP contribution in [-0.2, 0) is 0 Å². The van der Waals surface area contributed by atoms with Gasteiger partial charge in [0.1, 0.15) is 0 Å². The zero-order valence-electron chi connectivity index (χ0n) is 11.1. The number of hydrogen-bond acceptors (Lipinski definition) is 6. The van der Waals surface area contributed by atoms with Gasteiger partial charge in [0.25, 0.3) is 0 Å². The second kappa shape index (κ2) is 8.39. The molecular formula is C13H20N4S2. The van der Waals surface area contributed by atoms with E-state index in [2.05, 4.69) is 21.6 Å². The Morgan fingerprint density at radius 1 is 1.26 bits per heavy atom. The van der Waals surface area contributed by atoms with E-state index < -0.39 is 0 Å². The van der Waals surface area contributed by atoms with E-state index in [1.165, 1.54) is 32.1 Å². The molecule has 0 saturated heterocycles. The first-order chi connectivity index (χ1) is 9.38. The van der Waals surface area contributed by atoms with Gasteiger partial charge in [-0.25, -0.2) is 0 Å². The van der Waals surface area contributed by atoms with Crippen LogP contribution in [0.15, 0.2) is 4.34 Å². The summed E-state index contributed by atoms with van der Waals surface area (Å²) in [6, 6.07) is 2.76. The summed E-state index contributed by atoms with van der Waals surface area (Å²) in [5.74, 6) is 1.03. The second-order valence-corrected chi connectivity index (χ2v) is 7.14. The number of hydrogen-bond donors (Lipinski definition) is 1. The van der Waals surface area contributed by atoms with Gasteiger partial charge in [0, 0.05) is 18.2 Å². The Balaban J connectivity index is 1.68. The maximum absolute atomic E-state index is 8.46. The molecular weight excluding hydrogens is 276 g/mol. The number of nitrogens with zero attached hydrogens (tertiary/aromatic N) is 3. The third-order valence-electron chi connectivity index (χ3n) is 3.25. The summed E-state index contributed by atoms with van der Waals surface area (Å²) >= 11 is 3.40. The number of aromatic nitrogens is 2. The van der Waals surface area contributed by atoms with Crippen LogP contribution in [0.3, 0.4) is 0 Å². The van der Waals surface area contributed by atoms with Crippen molar-refractivity contribution in [3.05, 3.63) is 0 Å². The molecule has 1 aliphatic carbocycles. The van der Waals surface area contributed by atoms with E-state index in [4.69, 9.17) is 5.26 Å². The van der Waals surface area contributed by atoms with Crippen LogP contribution in [0, 0.1) is 11.3 Å². The van der Waals surface area contributed by atoms with E-state index in [9.17, 15) is 0 Å². The normalized spacial score (nSPS) is 16.2. The first-order valence-corrected chi connectivity index (χ1v) is 8.78. The van der Waals surface area contributed by atoms with Crippen LogP contribution in [0.5, 0.6) is 0 Å². The average Bonchev–Trinajstić information content (AvgIpc) is 2.87. The molecule has 1 N–H and O–H groups in total. The van der Waals surface area contributed by atoms with Gasteiger partial charge in [-0.3, -0.25) is 0 Å². The standard InChI is InChI=1S/C13H20N4S2/c14-9-5-2-6-10-18-13-17-16-12(19-13)15-11-7-3-1-4-8-11/h11H,1-8,10H2,(H,15,16). The molecule has 0 amide bonds. The molecule has 0 unspecified atom stereocenters. The van der Waals surface area contributed by atoms with Crippen molar-refractivity contribution in [3.8, 4) is 6.07 Å². The van der Waals surface area contributed by atoms with Crippen LogP contribution in [0.1, 0.15) is 51.4 Å². The maximum atomic E-state index is 8.46. The molecule has 0 spiro atoms. The molecule has 1 aromatic heterocycles. The highest BCUT2D eigenvalue weighted by atomic mass is 32.2. The highest BCUT2D eigenvalue weighted by Crippen LogP contribution is 2.28. The van der Waals surface area contributed by atoms with Crippen LogP contribution >= 0.6 is 23.1 Å². The molecule has 6 heteroatoms. The van der Waals surface area contributed by atoms with E-state index in [-0.39, 0.29) is 0 Å². The smallest absolute Gasteiger partial charge is 0.206 e. The Labute approximate surface area is 123 Å². The molecule has 104 valence electrons. The topological polar surface area (TPSA) is 61.6 Å². The van der Waals surface area contributed by atoms with Crippen molar-refractivity contribution in [2.24, 2.45) is 0 Å². The molecule has 1 fully saturated rings. The van der Waals surface area contributed by atoms with Crippen LogP contribution in [0.4, 0.5) is 5.13 Å². The van der Waals surface area contributed by atoms with Crippen molar-refractivity contribution < 1.29 is 0 Å². The highest BCUT2D eigenvalue weighted by Gasteiger charge is 2.15. The fourth-order valence-electron chi connectivity index (χ4n) is 2.21. The van der Waals surface area contributed by atoms with Crippen molar-refractivity contribution in [1.29, 1.82) is 5.26 Å². The van der Waals surface area contributed by atoms with Gasteiger partial charge in [-0.1, -0.05) is 42.4 Å². The lowest BCUT2D eigenvalue weighted by atomic mass is 9.96. The molecule has 19 heavy (non-hydrogen) atoms. The van der Waals surface area contributed by atoms with Crippen LogP contribution in [0.2, 0.25) is 0 Å². The first kappa shape index (κ1) is 14.6. The summed E-state index contributed by atoms with van der Waals surface area (Å²) < 4.78 is 1.04. The number of nitrogens with one attached hydrogen (secondary N) is 1. The lowest BCUT2D eigenvalue weighted by Gasteiger charge is -2.21. The minimum atomic E-state index is 0.593. The molecule has 1 heterocycles. The number of rotatable bonds is 7. The van der Waals surface area contributed by atoms with E-state index in [0.717, 1.165) is 28.1 Å². The fourth-order valence-corrected chi connectivity index (χ4v) is 4.11. The van der Waals surface area contributed by atoms with Gasteiger partial charge in [-0.15, -0.1) is 10.2 Å². The van der Waals surface area contributed by atoms with Gasteiger partial charge in [-0.05, 0) is 25.7 Å². The predicted octanol–water partition coefficient (Wildman–Crippen LogP) is 4.07. The summed E-state index contributed by atoms with van der Waals surface area (Å²) in [5.41, 5.74) is 0. The molecule has 0 atom stereocenters. The van der Waals surface area contributed by atoms with E-state index in [1.807, 2.05) is 0 Å². The van der Waals surface area contributed by atoms with Crippen LogP contribution in [0.25, 0.3) is 0 Å². The summed E-state index contributed by atoms with van der Waals surface area (Å²) in [7, 11) is 0. The third kappa shape index (κ3) is 5.37. The summed E-state index contributed by atoms with van der Waals surface area (Å²) in [6.45, 7) is 0. The molecule has 0 bridgehead atoms. The number of unbranched alkanes of at least 4 members (excludes halogenated alkanes) is 2. The highest BCUT2D eigenvalue weighted by molar-refractivity contribution is 8.01. The lowest BCUT2D eigenvalue weighted by Crippen LogP contribution is -2.21. The minimum absolute atomic E-state index is 0.593. The van der Waals surface area contributed by atoms with E-state index in [1.54, 1.807) is 23.1 Å². The predicted molar refractivity (Wildman–Crippen MR) is 80.6 cm³/mol. The molecule has 0 radical (unpaired) electrons. The van der Waals surface area contributed by atoms with E-state index >= 15 is 0 Å². The maximum Gasteiger partial charge on any atom is 0.206 e. The molecule has 1 aromatic rings. The Hall–Kier alpha value is -0.800. The summed E-state index contributed by atoms with van der Waals surface area (Å²) in [4.78, 5) is 0. The van der Waals surface area contributed by atoms with Crippen molar-refractivity contribution in [3.63, 3.8) is 0 Å². The van der Waals surface area contributed by atoms with Crippen molar-refractivity contribution in [1.82, 2.24) is 10.2 Å². The fraction of sp³-hybridized carbons (Fsp3) is 0.769. The van der Waals surface area contributed by atoms with Gasteiger partial charge in [0.2, 0.25) is 5.13 Å². The average molecular weight is 296 g/mol. The van der Waals surface area contributed by atoms with Gasteiger partial charge in [0.05, 0.1) is 6.07 Å². The Morgan fingerprint density at radius 2 is 2.11 bits per heavy atom. The van der Waals surface area contributed by atoms with Crippen molar-refractivity contribution >= 4 is 28.2 Å². The van der Waals surface area contributed by atoms with Gasteiger partial charge < -0.3 is 5.32 Å². The number of nitriles is 1. The molecule has 0 aliphatic heterocycles. The van der Waals surface area contributed by atoms with Gasteiger partial charge in [-0.2, -0.15) is 5.26 Å². The Bertz CT molecular complexity index is 407. The van der Waals surface area contributed by atoms with Gasteiger partial charge in [0.15, 0.2) is 4.34 Å². The molecule has 2 rings (SSSR count). The van der Waals surface area contributed by atoms with E-state index in [0.29, 0.717) is 12.5 Å². The van der Waals surface area contributed by atoms with Crippen molar-refractivity contribution in [2.45, 2.75) is 61.7 Å². The second-order valence-electron chi connectivity index (χ2n) is 4.82.